The second kappa shape index (κ2) is 7.82. The number of benzene rings is 1. The van der Waals surface area contributed by atoms with E-state index in [1.165, 1.54) is 44.9 Å². The van der Waals surface area contributed by atoms with E-state index < -0.39 is 0 Å². The van der Waals surface area contributed by atoms with Crippen molar-refractivity contribution in [3.8, 4) is 0 Å². The Morgan fingerprint density at radius 1 is 1.17 bits per heavy atom. The van der Waals surface area contributed by atoms with Crippen molar-refractivity contribution < 1.29 is 9.53 Å². The molecule has 2 aromatic rings. The Kier molecular flexibility index (Phi) is 5.01. The Bertz CT molecular complexity index is 922. The first-order chi connectivity index (χ1) is 14.6. The van der Waals surface area contributed by atoms with Gasteiger partial charge in [0.25, 0.3) is 0 Å². The quantitative estimate of drug-likeness (QED) is 0.554. The van der Waals surface area contributed by atoms with Crippen LogP contribution >= 0.6 is 0 Å². The van der Waals surface area contributed by atoms with E-state index in [0.29, 0.717) is 12.2 Å². The second-order valence-electron chi connectivity index (χ2n) is 9.21. The monoisotopic (exact) mass is 404 g/mol. The van der Waals surface area contributed by atoms with Gasteiger partial charge in [-0.15, -0.1) is 0 Å². The third-order valence-electron chi connectivity index (χ3n) is 6.88. The van der Waals surface area contributed by atoms with E-state index in [1.807, 2.05) is 25.1 Å². The average molecular weight is 405 g/mol. The summed E-state index contributed by atoms with van der Waals surface area (Å²) in [7, 11) is 0. The number of carbonyl (C=O) groups excluding carboxylic acids is 1. The summed E-state index contributed by atoms with van der Waals surface area (Å²) in [4.78, 5) is 25.1. The van der Waals surface area contributed by atoms with Crippen molar-refractivity contribution in [3.63, 3.8) is 0 Å². The molecular formula is C24H28N4O2. The van der Waals surface area contributed by atoms with E-state index in [4.69, 9.17) is 9.73 Å². The van der Waals surface area contributed by atoms with Crippen molar-refractivity contribution in [1.82, 2.24) is 9.97 Å². The topological polar surface area (TPSA) is 76.5 Å². The molecule has 0 spiro atoms. The first-order valence-electron chi connectivity index (χ1n) is 11.0. The number of carbonyl (C=O) groups is 1. The van der Waals surface area contributed by atoms with E-state index in [-0.39, 0.29) is 11.5 Å². The molecule has 6 nitrogen and oxygen atoms in total. The van der Waals surface area contributed by atoms with Crippen LogP contribution in [0, 0.1) is 17.8 Å². The minimum Gasteiger partial charge on any atom is -0.462 e. The summed E-state index contributed by atoms with van der Waals surface area (Å²) in [5.41, 5.74) is 3.24. The van der Waals surface area contributed by atoms with Crippen molar-refractivity contribution in [2.24, 2.45) is 22.7 Å². The molecule has 0 aliphatic heterocycles. The molecular weight excluding hydrogens is 376 g/mol. The minimum absolute atomic E-state index is 0.167. The molecule has 1 heterocycles. The molecule has 4 aliphatic rings. The maximum atomic E-state index is 12.3. The highest BCUT2D eigenvalue weighted by Gasteiger charge is 2.51. The summed E-state index contributed by atoms with van der Waals surface area (Å²) in [5, 5.41) is 3.89. The van der Waals surface area contributed by atoms with Crippen LogP contribution in [0.25, 0.3) is 0 Å². The van der Waals surface area contributed by atoms with Crippen molar-refractivity contribution in [1.29, 1.82) is 0 Å². The maximum Gasteiger partial charge on any atom is 0.338 e. The molecule has 0 radical (unpaired) electrons. The molecule has 6 rings (SSSR count). The lowest BCUT2D eigenvalue weighted by molar-refractivity contribution is 0.0107. The summed E-state index contributed by atoms with van der Waals surface area (Å²) >= 11 is 0. The zero-order chi connectivity index (χ0) is 20.6. The normalized spacial score (nSPS) is 29.3. The predicted molar refractivity (Wildman–Crippen MR) is 116 cm³/mol. The van der Waals surface area contributed by atoms with Gasteiger partial charge in [-0.05, 0) is 81.4 Å². The predicted octanol–water partition coefficient (Wildman–Crippen LogP) is 4.78. The number of nitrogens with one attached hydrogen (secondary N) is 1. The molecule has 156 valence electrons. The minimum atomic E-state index is -0.321. The third kappa shape index (κ3) is 3.83. The number of hydrogen-bond donors (Lipinski definition) is 1. The molecule has 4 saturated carbocycles. The van der Waals surface area contributed by atoms with Crippen LogP contribution in [0.5, 0.6) is 0 Å². The van der Waals surface area contributed by atoms with Crippen LogP contribution in [0.1, 0.15) is 61.4 Å². The smallest absolute Gasteiger partial charge is 0.338 e. The Labute approximate surface area is 177 Å². The standard InChI is InChI=1S/C24H28N4O2/c1-2-30-23(29)20-3-4-21(22(8-20)27-14-19-12-25-15-26-13-19)28-24-9-16-5-17(10-24)7-18(6-16)11-24/h3-4,8,12-18,28H,2,5-7,9-11H2,1H3/b27-14+. The van der Waals surface area contributed by atoms with Gasteiger partial charge in [-0.3, -0.25) is 4.99 Å². The van der Waals surface area contributed by atoms with Gasteiger partial charge >= 0.3 is 5.97 Å². The van der Waals surface area contributed by atoms with E-state index in [0.717, 1.165) is 34.7 Å². The lowest BCUT2D eigenvalue weighted by Gasteiger charge is -2.57. The summed E-state index contributed by atoms with van der Waals surface area (Å²) < 4.78 is 5.19. The van der Waals surface area contributed by atoms with E-state index in [1.54, 1.807) is 18.6 Å². The molecule has 6 heteroatoms. The molecule has 0 unspecified atom stereocenters. The number of esters is 1. The van der Waals surface area contributed by atoms with E-state index >= 15 is 0 Å². The number of nitrogens with zero attached hydrogens (tertiary/aromatic N) is 3. The fraction of sp³-hybridized carbons (Fsp3) is 0.500. The molecule has 4 fully saturated rings. The van der Waals surface area contributed by atoms with Gasteiger partial charge < -0.3 is 10.1 Å². The lowest BCUT2D eigenvalue weighted by Crippen LogP contribution is -2.54. The number of ether oxygens (including phenoxy) is 1. The summed E-state index contributed by atoms with van der Waals surface area (Å²) in [6.45, 7) is 2.17. The molecule has 30 heavy (non-hydrogen) atoms. The molecule has 1 aromatic heterocycles. The number of rotatable bonds is 6. The average Bonchev–Trinajstić information content (AvgIpc) is 2.72. The summed E-state index contributed by atoms with van der Waals surface area (Å²) in [6.07, 6.45) is 14.6. The summed E-state index contributed by atoms with van der Waals surface area (Å²) in [5.74, 6) is 2.25. The van der Waals surface area contributed by atoms with Crippen molar-refractivity contribution in [2.75, 3.05) is 11.9 Å². The van der Waals surface area contributed by atoms with Gasteiger partial charge in [0.2, 0.25) is 0 Å². The molecule has 1 aromatic carbocycles. The first kappa shape index (κ1) is 19.2. The number of aromatic nitrogens is 2. The molecule has 0 saturated heterocycles. The van der Waals surface area contributed by atoms with Crippen LogP contribution in [-0.4, -0.2) is 34.3 Å². The highest BCUT2D eigenvalue weighted by molar-refractivity contribution is 5.93. The fourth-order valence-electron chi connectivity index (χ4n) is 6.16. The fourth-order valence-corrected chi connectivity index (χ4v) is 6.16. The van der Waals surface area contributed by atoms with Gasteiger partial charge in [0, 0.05) is 29.7 Å². The lowest BCUT2D eigenvalue weighted by atomic mass is 9.53. The maximum absolute atomic E-state index is 12.3. The van der Waals surface area contributed by atoms with Gasteiger partial charge in [-0.1, -0.05) is 0 Å². The van der Waals surface area contributed by atoms with Crippen LogP contribution in [0.15, 0.2) is 41.9 Å². The van der Waals surface area contributed by atoms with E-state index in [9.17, 15) is 4.79 Å². The van der Waals surface area contributed by atoms with Crippen molar-refractivity contribution >= 4 is 23.6 Å². The van der Waals surface area contributed by atoms with Gasteiger partial charge in [0.05, 0.1) is 23.5 Å². The van der Waals surface area contributed by atoms with Crippen LogP contribution in [0.2, 0.25) is 0 Å². The molecule has 0 amide bonds. The Morgan fingerprint density at radius 3 is 2.47 bits per heavy atom. The zero-order valence-corrected chi connectivity index (χ0v) is 17.4. The Balaban J connectivity index is 1.46. The second-order valence-corrected chi connectivity index (χ2v) is 9.21. The van der Waals surface area contributed by atoms with Crippen LogP contribution in [0.3, 0.4) is 0 Å². The molecule has 4 aliphatic carbocycles. The SMILES string of the molecule is CCOC(=O)c1ccc(NC23CC4CC(CC(C4)C2)C3)c(/N=C/c2cncnc2)c1. The van der Waals surface area contributed by atoms with Crippen LogP contribution < -0.4 is 5.32 Å². The highest BCUT2D eigenvalue weighted by atomic mass is 16.5. The first-order valence-corrected chi connectivity index (χ1v) is 11.0. The summed E-state index contributed by atoms with van der Waals surface area (Å²) in [6, 6.07) is 5.64. The van der Waals surface area contributed by atoms with Gasteiger partial charge in [0.1, 0.15) is 6.33 Å². The van der Waals surface area contributed by atoms with Crippen LogP contribution in [-0.2, 0) is 4.74 Å². The van der Waals surface area contributed by atoms with Gasteiger partial charge in [0.15, 0.2) is 0 Å². The third-order valence-corrected chi connectivity index (χ3v) is 6.88. The van der Waals surface area contributed by atoms with E-state index in [2.05, 4.69) is 15.3 Å². The van der Waals surface area contributed by atoms with Crippen molar-refractivity contribution in [2.45, 2.75) is 51.0 Å². The zero-order valence-electron chi connectivity index (χ0n) is 17.4. The molecule has 0 atom stereocenters. The van der Waals surface area contributed by atoms with Gasteiger partial charge in [-0.25, -0.2) is 14.8 Å². The molecule has 4 bridgehead atoms. The molecule has 1 N–H and O–H groups in total. The highest BCUT2D eigenvalue weighted by Crippen LogP contribution is 2.57. The van der Waals surface area contributed by atoms with Gasteiger partial charge in [-0.2, -0.15) is 0 Å². The van der Waals surface area contributed by atoms with Crippen LogP contribution in [0.4, 0.5) is 11.4 Å². The Morgan fingerprint density at radius 2 is 1.83 bits per heavy atom. The van der Waals surface area contributed by atoms with Crippen molar-refractivity contribution in [3.05, 3.63) is 48.0 Å². The number of hydrogen-bond acceptors (Lipinski definition) is 6. The largest absolute Gasteiger partial charge is 0.462 e. The number of anilines is 1. The Hall–Kier alpha value is -2.76. The number of aliphatic imine (C=N–C) groups is 1.